The molecule has 2 fully saturated rings. The lowest BCUT2D eigenvalue weighted by Crippen LogP contribution is -2.54. The van der Waals surface area contributed by atoms with Gasteiger partial charge >= 0.3 is 0 Å². The summed E-state index contributed by atoms with van der Waals surface area (Å²) in [5.74, 6) is 0. The molecule has 0 amide bonds. The number of rotatable bonds is 6. The molecular weight excluding hydrogens is 238 g/mol. The molecule has 2 aliphatic rings. The Hall–Kier alpha value is -0.120. The molecular formula is C16H31NO2. The van der Waals surface area contributed by atoms with Crippen molar-refractivity contribution in [2.24, 2.45) is 0 Å². The van der Waals surface area contributed by atoms with Gasteiger partial charge in [0.1, 0.15) is 0 Å². The lowest BCUT2D eigenvalue weighted by molar-refractivity contribution is -0.0448. The summed E-state index contributed by atoms with van der Waals surface area (Å²) < 4.78 is 5.48. The van der Waals surface area contributed by atoms with Crippen molar-refractivity contribution >= 4 is 0 Å². The summed E-state index contributed by atoms with van der Waals surface area (Å²) in [7, 11) is 1.76. The van der Waals surface area contributed by atoms with Crippen LogP contribution in [0.5, 0.6) is 0 Å². The highest BCUT2D eigenvalue weighted by atomic mass is 16.5. The summed E-state index contributed by atoms with van der Waals surface area (Å²) in [6.07, 6.45) is 9.13. The summed E-state index contributed by atoms with van der Waals surface area (Å²) in [6, 6.07) is 0. The van der Waals surface area contributed by atoms with E-state index in [9.17, 15) is 5.11 Å². The Morgan fingerprint density at radius 3 is 2.26 bits per heavy atom. The number of hydrogen-bond donors (Lipinski definition) is 1. The molecule has 2 rings (SSSR count). The molecule has 0 aromatic heterocycles. The van der Waals surface area contributed by atoms with Crippen molar-refractivity contribution < 1.29 is 9.84 Å². The number of methoxy groups -OCH3 is 1. The van der Waals surface area contributed by atoms with Gasteiger partial charge in [0.15, 0.2) is 0 Å². The van der Waals surface area contributed by atoms with E-state index in [2.05, 4.69) is 18.7 Å². The Kier molecular flexibility index (Phi) is 4.91. The molecule has 1 unspecified atom stereocenters. The molecule has 19 heavy (non-hydrogen) atoms. The summed E-state index contributed by atoms with van der Waals surface area (Å²) >= 11 is 0. The van der Waals surface area contributed by atoms with E-state index in [1.165, 1.54) is 51.6 Å². The molecule has 1 N–H and O–H groups in total. The van der Waals surface area contributed by atoms with Crippen LogP contribution in [0.1, 0.15) is 65.2 Å². The van der Waals surface area contributed by atoms with Gasteiger partial charge in [0.2, 0.25) is 0 Å². The number of nitrogens with zero attached hydrogens (tertiary/aromatic N) is 1. The number of hydrogen-bond acceptors (Lipinski definition) is 3. The molecule has 0 bridgehead atoms. The summed E-state index contributed by atoms with van der Waals surface area (Å²) in [4.78, 5) is 2.59. The van der Waals surface area contributed by atoms with Crippen LogP contribution in [0.25, 0.3) is 0 Å². The first kappa shape index (κ1) is 15.3. The smallest absolute Gasteiger partial charge is 0.0724 e. The molecule has 0 aromatic carbocycles. The van der Waals surface area contributed by atoms with Crippen LogP contribution in [0.2, 0.25) is 0 Å². The summed E-state index contributed by atoms with van der Waals surface area (Å²) in [6.45, 7) is 6.59. The van der Waals surface area contributed by atoms with E-state index in [1.807, 2.05) is 0 Å². The van der Waals surface area contributed by atoms with Crippen molar-refractivity contribution in [1.29, 1.82) is 0 Å². The van der Waals surface area contributed by atoms with Crippen molar-refractivity contribution in [2.45, 2.75) is 82.5 Å². The minimum atomic E-state index is -0.192. The first-order valence-electron chi connectivity index (χ1n) is 7.98. The van der Waals surface area contributed by atoms with E-state index in [-0.39, 0.29) is 17.2 Å². The zero-order valence-corrected chi connectivity index (χ0v) is 13.0. The van der Waals surface area contributed by atoms with Crippen molar-refractivity contribution in [3.8, 4) is 0 Å². The third-order valence-corrected chi connectivity index (χ3v) is 5.40. The molecule has 1 heterocycles. The molecule has 1 aliphatic heterocycles. The van der Waals surface area contributed by atoms with Gasteiger partial charge in [-0.1, -0.05) is 12.8 Å². The predicted octanol–water partition coefficient (Wildman–Crippen LogP) is 2.96. The Labute approximate surface area is 118 Å². The van der Waals surface area contributed by atoms with Crippen LogP contribution in [-0.2, 0) is 4.74 Å². The van der Waals surface area contributed by atoms with Crippen molar-refractivity contribution in [1.82, 2.24) is 4.90 Å². The minimum Gasteiger partial charge on any atom is -0.391 e. The van der Waals surface area contributed by atoms with Gasteiger partial charge in [-0.25, -0.2) is 0 Å². The molecule has 0 aromatic rings. The first-order chi connectivity index (χ1) is 9.00. The largest absolute Gasteiger partial charge is 0.391 e. The lowest BCUT2D eigenvalue weighted by atomic mass is 9.84. The second kappa shape index (κ2) is 6.11. The molecule has 112 valence electrons. The van der Waals surface area contributed by atoms with E-state index in [1.54, 1.807) is 7.11 Å². The number of aliphatic hydroxyl groups is 1. The van der Waals surface area contributed by atoms with E-state index in [0.717, 1.165) is 12.8 Å². The molecule has 1 saturated heterocycles. The molecule has 1 aliphatic carbocycles. The van der Waals surface area contributed by atoms with Gasteiger partial charge in [0.05, 0.1) is 11.7 Å². The maximum absolute atomic E-state index is 10.8. The maximum atomic E-state index is 10.8. The summed E-state index contributed by atoms with van der Waals surface area (Å²) in [5, 5.41) is 10.8. The first-order valence-corrected chi connectivity index (χ1v) is 7.98. The van der Waals surface area contributed by atoms with Gasteiger partial charge in [-0.15, -0.1) is 0 Å². The third-order valence-electron chi connectivity index (χ3n) is 5.40. The van der Waals surface area contributed by atoms with Gasteiger partial charge in [-0.2, -0.15) is 0 Å². The fourth-order valence-electron chi connectivity index (χ4n) is 3.86. The Morgan fingerprint density at radius 2 is 1.74 bits per heavy atom. The van der Waals surface area contributed by atoms with Crippen LogP contribution in [0.15, 0.2) is 0 Å². The molecule has 0 radical (unpaired) electrons. The molecule has 3 heteroatoms. The molecule has 1 atom stereocenters. The van der Waals surface area contributed by atoms with Crippen molar-refractivity contribution in [3.05, 3.63) is 0 Å². The van der Waals surface area contributed by atoms with Crippen LogP contribution in [0, 0.1) is 0 Å². The fraction of sp³-hybridized carbons (Fsp3) is 1.00. The van der Waals surface area contributed by atoms with Gasteiger partial charge in [0.25, 0.3) is 0 Å². The second-order valence-corrected chi connectivity index (χ2v) is 7.02. The van der Waals surface area contributed by atoms with Crippen LogP contribution in [0.3, 0.4) is 0 Å². The standard InChI is InChI=1S/C16H31NO2/c1-15(2,19-3)11-8-14(18)16(9-4-5-10-16)17-12-6-7-13-17/h14,18H,4-13H2,1-3H3. The Morgan fingerprint density at radius 1 is 1.16 bits per heavy atom. The van der Waals surface area contributed by atoms with E-state index in [0.29, 0.717) is 0 Å². The van der Waals surface area contributed by atoms with Crippen LogP contribution < -0.4 is 0 Å². The van der Waals surface area contributed by atoms with Gasteiger partial charge < -0.3 is 9.84 Å². The van der Waals surface area contributed by atoms with Gasteiger partial charge in [-0.3, -0.25) is 4.90 Å². The van der Waals surface area contributed by atoms with Crippen LogP contribution in [0.4, 0.5) is 0 Å². The predicted molar refractivity (Wildman–Crippen MR) is 78.3 cm³/mol. The number of ether oxygens (including phenoxy) is 1. The van der Waals surface area contributed by atoms with Gasteiger partial charge in [0, 0.05) is 12.6 Å². The van der Waals surface area contributed by atoms with Crippen molar-refractivity contribution in [3.63, 3.8) is 0 Å². The van der Waals surface area contributed by atoms with Gasteiger partial charge in [-0.05, 0) is 65.5 Å². The second-order valence-electron chi connectivity index (χ2n) is 7.02. The highest BCUT2D eigenvalue weighted by Gasteiger charge is 2.46. The average molecular weight is 269 g/mol. The zero-order chi connectivity index (χ0) is 13.9. The third kappa shape index (κ3) is 3.32. The fourth-order valence-corrected chi connectivity index (χ4v) is 3.86. The van der Waals surface area contributed by atoms with Crippen LogP contribution >= 0.6 is 0 Å². The van der Waals surface area contributed by atoms with E-state index >= 15 is 0 Å². The maximum Gasteiger partial charge on any atom is 0.0724 e. The van der Waals surface area contributed by atoms with E-state index < -0.39 is 0 Å². The Bertz CT molecular complexity index is 278. The average Bonchev–Trinajstić information content (AvgIpc) is 3.06. The number of likely N-dealkylation sites (tertiary alicyclic amines) is 1. The van der Waals surface area contributed by atoms with Crippen molar-refractivity contribution in [2.75, 3.05) is 20.2 Å². The molecule has 3 nitrogen and oxygen atoms in total. The minimum absolute atomic E-state index is 0.0837. The lowest BCUT2D eigenvalue weighted by Gasteiger charge is -2.43. The van der Waals surface area contributed by atoms with Crippen LogP contribution in [-0.4, -0.2) is 47.4 Å². The molecule has 0 spiro atoms. The SMILES string of the molecule is COC(C)(C)CCC(O)C1(N2CCCC2)CCCC1. The number of aliphatic hydroxyl groups excluding tert-OH is 1. The van der Waals surface area contributed by atoms with E-state index in [4.69, 9.17) is 4.74 Å². The topological polar surface area (TPSA) is 32.7 Å². The highest BCUT2D eigenvalue weighted by molar-refractivity contribution is 5.02. The normalized spacial score (nSPS) is 25.9. The Balaban J connectivity index is 1.98. The quantitative estimate of drug-likeness (QED) is 0.804. The molecule has 1 saturated carbocycles. The summed E-state index contributed by atoms with van der Waals surface area (Å²) in [5.41, 5.74) is -0.0356. The monoisotopic (exact) mass is 269 g/mol. The zero-order valence-electron chi connectivity index (χ0n) is 13.0. The highest BCUT2D eigenvalue weighted by Crippen LogP contribution is 2.41.